The van der Waals surface area contributed by atoms with Gasteiger partial charge in [-0.2, -0.15) is 4.72 Å². The van der Waals surface area contributed by atoms with Crippen molar-refractivity contribution in [3.05, 3.63) is 23.2 Å². The molecule has 0 spiro atoms. The van der Waals surface area contributed by atoms with Crippen molar-refractivity contribution in [1.29, 1.82) is 0 Å². The van der Waals surface area contributed by atoms with Crippen LogP contribution in [0, 0.1) is 0 Å². The zero-order valence-electron chi connectivity index (χ0n) is 15.5. The van der Waals surface area contributed by atoms with Gasteiger partial charge >= 0.3 is 0 Å². The summed E-state index contributed by atoms with van der Waals surface area (Å²) in [5.74, 6) is -0.230. The lowest BCUT2D eigenvalue weighted by atomic mass is 10.3. The third-order valence-electron chi connectivity index (χ3n) is 4.19. The van der Waals surface area contributed by atoms with Gasteiger partial charge in [0.05, 0.1) is 26.4 Å². The molecule has 2 N–H and O–H groups in total. The van der Waals surface area contributed by atoms with E-state index in [0.29, 0.717) is 6.54 Å². The van der Waals surface area contributed by atoms with Crippen LogP contribution < -0.4 is 14.8 Å². The Kier molecular flexibility index (Phi) is 8.30. The van der Waals surface area contributed by atoms with Gasteiger partial charge in [0.2, 0.25) is 15.9 Å². The predicted molar refractivity (Wildman–Crippen MR) is 103 cm³/mol. The smallest absolute Gasteiger partial charge is 0.245 e. The maximum Gasteiger partial charge on any atom is 0.245 e. The van der Waals surface area contributed by atoms with E-state index in [2.05, 4.69) is 14.9 Å². The van der Waals surface area contributed by atoms with E-state index in [4.69, 9.17) is 21.1 Å². The number of rotatable bonds is 9. The quantitative estimate of drug-likeness (QED) is 0.576. The number of halogens is 1. The molecule has 1 atom stereocenters. The number of hydrogen-bond donors (Lipinski definition) is 2. The standard InChI is InChI=1S/C17H26ClN3O5S/c1-13(17(22)19-6-3-7-21-8-10-26-11-9-21)20-27(23,24)16-12-14(18)4-5-15(16)25-2/h4-5,12-13,20H,3,6-11H2,1-2H3,(H,19,22)/t13-/m1/s1. The minimum Gasteiger partial charge on any atom is -0.495 e. The summed E-state index contributed by atoms with van der Waals surface area (Å²) < 4.78 is 37.9. The van der Waals surface area contributed by atoms with Gasteiger partial charge in [0.15, 0.2) is 0 Å². The second kappa shape index (κ2) is 10.2. The summed E-state index contributed by atoms with van der Waals surface area (Å²) in [4.78, 5) is 14.4. The Morgan fingerprint density at radius 3 is 2.74 bits per heavy atom. The van der Waals surface area contributed by atoms with E-state index < -0.39 is 16.1 Å². The summed E-state index contributed by atoms with van der Waals surface area (Å²) in [5, 5.41) is 3.02. The molecule has 8 nitrogen and oxygen atoms in total. The highest BCUT2D eigenvalue weighted by Crippen LogP contribution is 2.27. The lowest BCUT2D eigenvalue weighted by Gasteiger charge is -2.26. The van der Waals surface area contributed by atoms with Crippen molar-refractivity contribution in [3.8, 4) is 5.75 Å². The molecule has 1 aromatic rings. The van der Waals surface area contributed by atoms with Gasteiger partial charge in [0.25, 0.3) is 0 Å². The predicted octanol–water partition coefficient (Wildman–Crippen LogP) is 0.854. The van der Waals surface area contributed by atoms with E-state index >= 15 is 0 Å². The number of amides is 1. The second-order valence-electron chi connectivity index (χ2n) is 6.24. The lowest BCUT2D eigenvalue weighted by Crippen LogP contribution is -2.45. The summed E-state index contributed by atoms with van der Waals surface area (Å²) in [5.41, 5.74) is 0. The van der Waals surface area contributed by atoms with E-state index in [0.717, 1.165) is 39.3 Å². The molecule has 1 aromatic carbocycles. The molecule has 27 heavy (non-hydrogen) atoms. The number of carbonyl (C=O) groups excluding carboxylic acids is 1. The Morgan fingerprint density at radius 2 is 2.07 bits per heavy atom. The normalized spacial score (nSPS) is 16.7. The van der Waals surface area contributed by atoms with Gasteiger partial charge in [-0.05, 0) is 38.1 Å². The van der Waals surface area contributed by atoms with Crippen LogP contribution >= 0.6 is 11.6 Å². The highest BCUT2D eigenvalue weighted by atomic mass is 35.5. The monoisotopic (exact) mass is 419 g/mol. The van der Waals surface area contributed by atoms with Crippen LogP contribution in [-0.2, 0) is 19.6 Å². The first-order valence-electron chi connectivity index (χ1n) is 8.77. The van der Waals surface area contributed by atoms with Crippen LogP contribution in [-0.4, -0.2) is 71.8 Å². The summed E-state index contributed by atoms with van der Waals surface area (Å²) >= 11 is 5.89. The van der Waals surface area contributed by atoms with Crippen LogP contribution in [0.1, 0.15) is 13.3 Å². The number of hydrogen-bond acceptors (Lipinski definition) is 6. The summed E-state index contributed by atoms with van der Waals surface area (Å²) in [7, 11) is -2.59. The molecule has 1 aliphatic rings. The first kappa shape index (κ1) is 21.9. The number of morpholine rings is 1. The number of methoxy groups -OCH3 is 1. The van der Waals surface area contributed by atoms with Crippen LogP contribution in [0.15, 0.2) is 23.1 Å². The average molecular weight is 420 g/mol. The van der Waals surface area contributed by atoms with Crippen LogP contribution in [0.2, 0.25) is 5.02 Å². The highest BCUT2D eigenvalue weighted by molar-refractivity contribution is 7.89. The maximum atomic E-state index is 12.6. The average Bonchev–Trinajstić information content (AvgIpc) is 2.65. The summed E-state index contributed by atoms with van der Waals surface area (Å²) in [6.07, 6.45) is 0.785. The molecule has 0 saturated carbocycles. The van der Waals surface area contributed by atoms with Gasteiger partial charge in [-0.1, -0.05) is 11.6 Å². The molecule has 1 amide bonds. The Hall–Kier alpha value is -1.39. The van der Waals surface area contributed by atoms with Crippen molar-refractivity contribution in [3.63, 3.8) is 0 Å². The molecule has 1 heterocycles. The van der Waals surface area contributed by atoms with Gasteiger partial charge in [-0.15, -0.1) is 0 Å². The molecule has 1 fully saturated rings. The molecular formula is C17H26ClN3O5S. The Bertz CT molecular complexity index is 738. The first-order valence-corrected chi connectivity index (χ1v) is 10.6. The van der Waals surface area contributed by atoms with Crippen molar-refractivity contribution in [2.45, 2.75) is 24.3 Å². The Labute approximate surface area is 165 Å². The third kappa shape index (κ3) is 6.62. The fourth-order valence-electron chi connectivity index (χ4n) is 2.70. The molecule has 2 rings (SSSR count). The van der Waals surface area contributed by atoms with Crippen molar-refractivity contribution >= 4 is 27.5 Å². The van der Waals surface area contributed by atoms with E-state index in [-0.39, 0.29) is 21.6 Å². The van der Waals surface area contributed by atoms with Gasteiger partial charge in [0, 0.05) is 24.7 Å². The molecular weight excluding hydrogens is 394 g/mol. The Morgan fingerprint density at radius 1 is 1.37 bits per heavy atom. The fraction of sp³-hybridized carbons (Fsp3) is 0.588. The lowest BCUT2D eigenvalue weighted by molar-refractivity contribution is -0.122. The second-order valence-corrected chi connectivity index (χ2v) is 8.36. The van der Waals surface area contributed by atoms with E-state index in [1.807, 2.05) is 0 Å². The number of nitrogens with zero attached hydrogens (tertiary/aromatic N) is 1. The van der Waals surface area contributed by atoms with E-state index in [1.54, 1.807) is 0 Å². The number of ether oxygens (including phenoxy) is 2. The van der Waals surface area contributed by atoms with Crippen LogP contribution in [0.4, 0.5) is 0 Å². The molecule has 0 radical (unpaired) electrons. The third-order valence-corrected chi connectivity index (χ3v) is 5.99. The molecule has 10 heteroatoms. The van der Waals surface area contributed by atoms with Crippen LogP contribution in [0.25, 0.3) is 0 Å². The van der Waals surface area contributed by atoms with E-state index in [1.165, 1.54) is 32.2 Å². The van der Waals surface area contributed by atoms with E-state index in [9.17, 15) is 13.2 Å². The molecule has 1 saturated heterocycles. The molecule has 0 unspecified atom stereocenters. The molecule has 0 aromatic heterocycles. The number of sulfonamides is 1. The van der Waals surface area contributed by atoms with Gasteiger partial charge < -0.3 is 14.8 Å². The number of carbonyl (C=O) groups is 1. The van der Waals surface area contributed by atoms with Crippen LogP contribution in [0.5, 0.6) is 5.75 Å². The molecule has 0 aliphatic carbocycles. The first-order chi connectivity index (χ1) is 12.8. The molecule has 1 aliphatic heterocycles. The Balaban J connectivity index is 1.84. The van der Waals surface area contributed by atoms with Gasteiger partial charge in [0.1, 0.15) is 10.6 Å². The fourth-order valence-corrected chi connectivity index (χ4v) is 4.34. The molecule has 152 valence electrons. The topological polar surface area (TPSA) is 97.0 Å². The zero-order valence-corrected chi connectivity index (χ0v) is 17.1. The zero-order chi connectivity index (χ0) is 19.9. The van der Waals surface area contributed by atoms with Crippen molar-refractivity contribution < 1.29 is 22.7 Å². The minimum absolute atomic E-state index is 0.107. The minimum atomic E-state index is -3.96. The van der Waals surface area contributed by atoms with Gasteiger partial charge in [-0.3, -0.25) is 9.69 Å². The number of nitrogens with one attached hydrogen (secondary N) is 2. The largest absolute Gasteiger partial charge is 0.495 e. The van der Waals surface area contributed by atoms with Crippen molar-refractivity contribution in [2.75, 3.05) is 46.5 Å². The SMILES string of the molecule is COc1ccc(Cl)cc1S(=O)(=O)N[C@H](C)C(=O)NCCCN1CCOCC1. The van der Waals surface area contributed by atoms with Gasteiger partial charge in [-0.25, -0.2) is 8.42 Å². The summed E-state index contributed by atoms with van der Waals surface area (Å²) in [6, 6.07) is 3.36. The number of benzene rings is 1. The molecule has 0 bridgehead atoms. The summed E-state index contributed by atoms with van der Waals surface area (Å²) in [6.45, 7) is 6.09. The highest BCUT2D eigenvalue weighted by Gasteiger charge is 2.25. The van der Waals surface area contributed by atoms with Crippen molar-refractivity contribution in [2.24, 2.45) is 0 Å². The maximum absolute atomic E-state index is 12.6. The van der Waals surface area contributed by atoms with Crippen molar-refractivity contribution in [1.82, 2.24) is 14.9 Å². The van der Waals surface area contributed by atoms with Crippen LogP contribution in [0.3, 0.4) is 0 Å².